The van der Waals surface area contributed by atoms with Gasteiger partial charge in [0.1, 0.15) is 0 Å². The number of rotatable bonds is 4. The third-order valence-electron chi connectivity index (χ3n) is 9.57. The summed E-state index contributed by atoms with van der Waals surface area (Å²) in [4.78, 5) is 2.40. The van der Waals surface area contributed by atoms with E-state index in [0.717, 1.165) is 0 Å². The van der Waals surface area contributed by atoms with Crippen LogP contribution in [-0.2, 0) is 5.41 Å². The molecule has 0 aliphatic heterocycles. The third kappa shape index (κ3) is 4.62. The molecule has 1 heteroatoms. The van der Waals surface area contributed by atoms with Crippen LogP contribution in [0.2, 0.25) is 0 Å². The zero-order valence-corrected chi connectivity index (χ0v) is 26.6. The predicted octanol–water partition coefficient (Wildman–Crippen LogP) is 12.7. The van der Waals surface area contributed by atoms with Gasteiger partial charge in [0, 0.05) is 17.1 Å². The van der Waals surface area contributed by atoms with Gasteiger partial charge in [-0.05, 0) is 145 Å². The van der Waals surface area contributed by atoms with E-state index in [1.807, 2.05) is 0 Å². The van der Waals surface area contributed by atoms with Crippen LogP contribution in [0.15, 0.2) is 133 Å². The molecule has 0 bridgehead atoms. The van der Waals surface area contributed by atoms with Crippen LogP contribution in [0.3, 0.4) is 0 Å². The molecule has 8 rings (SSSR count). The smallest absolute Gasteiger partial charge is 0.0490 e. The fourth-order valence-corrected chi connectivity index (χ4v) is 6.93. The maximum Gasteiger partial charge on any atom is 0.0490 e. The van der Waals surface area contributed by atoms with Crippen molar-refractivity contribution in [1.29, 1.82) is 0 Å². The van der Waals surface area contributed by atoms with Gasteiger partial charge in [0.2, 0.25) is 0 Å². The highest BCUT2D eigenvalue weighted by atomic mass is 15.1. The summed E-state index contributed by atoms with van der Waals surface area (Å²) in [6, 6.07) is 49.7. The number of hydrogen-bond donors (Lipinski definition) is 0. The molecule has 0 aromatic heterocycles. The lowest BCUT2D eigenvalue weighted by Gasteiger charge is -2.29. The summed E-state index contributed by atoms with van der Waals surface area (Å²) in [7, 11) is 0. The fraction of sp³-hybridized carbons (Fsp3) is 0.136. The van der Waals surface area contributed by atoms with E-state index in [9.17, 15) is 0 Å². The summed E-state index contributed by atoms with van der Waals surface area (Å²) in [5, 5.41) is 5.11. The SMILES string of the molecule is Cc1ccccc1N(c1ccc2cc3c(cc2c1)-c1cc2ccc(-c4ccc(C(C)(C)C)cc4)cc2cc1-3)c1ccccc1C. The van der Waals surface area contributed by atoms with Gasteiger partial charge in [0.05, 0.1) is 0 Å². The van der Waals surface area contributed by atoms with E-state index in [1.165, 1.54) is 88.7 Å². The minimum Gasteiger partial charge on any atom is -0.310 e. The highest BCUT2D eigenvalue weighted by molar-refractivity contribution is 6.12. The standard InChI is InChI=1S/C44H37N/c1-28-10-6-8-12-42(28)45(43-13-9-7-11-29(43)2)37-21-18-33-25-39-40-26-34-22-31(30-16-19-36(20-17-30)44(3,4)5)14-15-32(34)24-38(40)41(39)27-35(33)23-37/h6-27H,1-5H3. The highest BCUT2D eigenvalue weighted by Crippen LogP contribution is 2.51. The Morgan fingerprint density at radius 3 is 1.42 bits per heavy atom. The number of fused-ring (bicyclic) bond motifs is 6. The fourth-order valence-electron chi connectivity index (χ4n) is 6.93. The normalized spacial score (nSPS) is 12.1. The van der Waals surface area contributed by atoms with Crippen molar-refractivity contribution < 1.29 is 0 Å². The second-order valence-electron chi connectivity index (χ2n) is 13.6. The minimum atomic E-state index is 0.157. The first-order valence-corrected chi connectivity index (χ1v) is 15.9. The molecule has 0 unspecified atom stereocenters. The van der Waals surface area contributed by atoms with E-state index in [4.69, 9.17) is 0 Å². The lowest BCUT2D eigenvalue weighted by atomic mass is 9.77. The van der Waals surface area contributed by atoms with Crippen molar-refractivity contribution in [1.82, 2.24) is 0 Å². The van der Waals surface area contributed by atoms with Crippen molar-refractivity contribution >= 4 is 38.6 Å². The molecule has 0 N–H and O–H groups in total. The first-order chi connectivity index (χ1) is 21.7. The molecule has 1 aliphatic carbocycles. The van der Waals surface area contributed by atoms with Crippen LogP contribution in [0.5, 0.6) is 0 Å². The van der Waals surface area contributed by atoms with E-state index in [0.29, 0.717) is 0 Å². The Hall–Kier alpha value is -5.14. The average molecular weight is 580 g/mol. The highest BCUT2D eigenvalue weighted by Gasteiger charge is 2.25. The molecule has 7 aromatic carbocycles. The monoisotopic (exact) mass is 579 g/mol. The van der Waals surface area contributed by atoms with Crippen LogP contribution in [0.25, 0.3) is 54.9 Å². The van der Waals surface area contributed by atoms with Gasteiger partial charge in [-0.1, -0.05) is 99.6 Å². The molecular weight excluding hydrogens is 542 g/mol. The van der Waals surface area contributed by atoms with Gasteiger partial charge < -0.3 is 4.90 Å². The minimum absolute atomic E-state index is 0.157. The molecule has 45 heavy (non-hydrogen) atoms. The molecule has 0 amide bonds. The average Bonchev–Trinajstić information content (AvgIpc) is 3.04. The summed E-state index contributed by atoms with van der Waals surface area (Å²) < 4.78 is 0. The van der Waals surface area contributed by atoms with Crippen molar-refractivity contribution in [3.05, 3.63) is 150 Å². The molecule has 0 atom stereocenters. The zero-order valence-electron chi connectivity index (χ0n) is 26.6. The van der Waals surface area contributed by atoms with Crippen molar-refractivity contribution in [2.45, 2.75) is 40.0 Å². The van der Waals surface area contributed by atoms with Crippen LogP contribution in [-0.4, -0.2) is 0 Å². The van der Waals surface area contributed by atoms with Crippen molar-refractivity contribution in [3.63, 3.8) is 0 Å². The van der Waals surface area contributed by atoms with Crippen LogP contribution in [0.4, 0.5) is 17.1 Å². The van der Waals surface area contributed by atoms with E-state index >= 15 is 0 Å². The summed E-state index contributed by atoms with van der Waals surface area (Å²) in [6.45, 7) is 11.2. The van der Waals surface area contributed by atoms with Crippen LogP contribution >= 0.6 is 0 Å². The number of anilines is 3. The zero-order chi connectivity index (χ0) is 30.9. The first kappa shape index (κ1) is 27.4. The van der Waals surface area contributed by atoms with Gasteiger partial charge in [0.25, 0.3) is 0 Å². The van der Waals surface area contributed by atoms with Crippen LogP contribution < -0.4 is 4.90 Å². The Kier molecular flexibility index (Phi) is 6.22. The van der Waals surface area contributed by atoms with Gasteiger partial charge in [0.15, 0.2) is 0 Å². The number of aryl methyl sites for hydroxylation is 2. The lowest BCUT2D eigenvalue weighted by Crippen LogP contribution is -2.12. The van der Waals surface area contributed by atoms with Gasteiger partial charge in [-0.25, -0.2) is 0 Å². The largest absolute Gasteiger partial charge is 0.310 e. The first-order valence-electron chi connectivity index (χ1n) is 15.9. The van der Waals surface area contributed by atoms with E-state index < -0.39 is 0 Å². The van der Waals surface area contributed by atoms with Crippen molar-refractivity contribution in [2.24, 2.45) is 0 Å². The maximum absolute atomic E-state index is 2.40. The third-order valence-corrected chi connectivity index (χ3v) is 9.57. The molecule has 7 aromatic rings. The number of para-hydroxylation sites is 2. The molecule has 0 radical (unpaired) electrons. The van der Waals surface area contributed by atoms with Gasteiger partial charge in [-0.15, -0.1) is 0 Å². The molecule has 0 fully saturated rings. The molecule has 1 aliphatic rings. The van der Waals surface area contributed by atoms with Gasteiger partial charge in [-0.3, -0.25) is 0 Å². The van der Waals surface area contributed by atoms with E-state index in [-0.39, 0.29) is 5.41 Å². The molecule has 0 saturated heterocycles. The number of nitrogens with zero attached hydrogens (tertiary/aromatic N) is 1. The molecule has 218 valence electrons. The Morgan fingerprint density at radius 2 is 0.889 bits per heavy atom. The summed E-state index contributed by atoms with van der Waals surface area (Å²) in [5.41, 5.74) is 15.5. The summed E-state index contributed by atoms with van der Waals surface area (Å²) >= 11 is 0. The molecule has 0 spiro atoms. The molecule has 0 saturated carbocycles. The maximum atomic E-state index is 2.40. The summed E-state index contributed by atoms with van der Waals surface area (Å²) in [5.74, 6) is 0. The second-order valence-corrected chi connectivity index (χ2v) is 13.6. The van der Waals surface area contributed by atoms with Crippen molar-refractivity contribution in [3.8, 4) is 33.4 Å². The lowest BCUT2D eigenvalue weighted by molar-refractivity contribution is 0.590. The molecule has 1 nitrogen and oxygen atoms in total. The predicted molar refractivity (Wildman–Crippen MR) is 194 cm³/mol. The Labute approximate surface area is 266 Å². The quantitative estimate of drug-likeness (QED) is 0.200. The van der Waals surface area contributed by atoms with Crippen LogP contribution in [0, 0.1) is 13.8 Å². The Morgan fingerprint density at radius 1 is 0.422 bits per heavy atom. The summed E-state index contributed by atoms with van der Waals surface area (Å²) in [6.07, 6.45) is 0. The Bertz CT molecular complexity index is 2220. The van der Waals surface area contributed by atoms with Crippen LogP contribution in [0.1, 0.15) is 37.5 Å². The van der Waals surface area contributed by atoms with Gasteiger partial charge in [-0.2, -0.15) is 0 Å². The van der Waals surface area contributed by atoms with E-state index in [2.05, 4.69) is 173 Å². The number of hydrogen-bond acceptors (Lipinski definition) is 1. The van der Waals surface area contributed by atoms with Gasteiger partial charge >= 0.3 is 0 Å². The van der Waals surface area contributed by atoms with Crippen molar-refractivity contribution in [2.75, 3.05) is 4.90 Å². The van der Waals surface area contributed by atoms with E-state index in [1.54, 1.807) is 0 Å². The Balaban J connectivity index is 1.18. The number of benzene rings is 7. The molecular formula is C44H37N. The topological polar surface area (TPSA) is 3.24 Å². The molecule has 0 heterocycles. The second kappa shape index (κ2) is 10.2.